The van der Waals surface area contributed by atoms with Gasteiger partial charge >= 0.3 is 8.60 Å². The molecular formula is C34H55O3P. The molecule has 38 heavy (non-hydrogen) atoms. The van der Waals surface area contributed by atoms with Crippen molar-refractivity contribution >= 4 is 8.60 Å². The zero-order valence-electron chi connectivity index (χ0n) is 24.3. The van der Waals surface area contributed by atoms with Gasteiger partial charge in [0.25, 0.3) is 0 Å². The third kappa shape index (κ3) is 18.6. The Labute approximate surface area is 236 Å². The van der Waals surface area contributed by atoms with Crippen LogP contribution in [-0.4, -0.2) is 6.61 Å². The van der Waals surface area contributed by atoms with Crippen LogP contribution in [0.3, 0.4) is 0 Å². The van der Waals surface area contributed by atoms with Gasteiger partial charge in [-0.15, -0.1) is 0 Å². The van der Waals surface area contributed by atoms with Crippen LogP contribution >= 0.6 is 8.60 Å². The van der Waals surface area contributed by atoms with Crippen molar-refractivity contribution in [2.75, 3.05) is 6.61 Å². The Morgan fingerprint density at radius 3 is 1.08 bits per heavy atom. The van der Waals surface area contributed by atoms with E-state index in [9.17, 15) is 0 Å². The van der Waals surface area contributed by atoms with E-state index in [1.165, 1.54) is 122 Å². The lowest BCUT2D eigenvalue weighted by Crippen LogP contribution is -2.01. The molecule has 0 spiro atoms. The van der Waals surface area contributed by atoms with Crippen molar-refractivity contribution in [3.63, 3.8) is 0 Å². The van der Waals surface area contributed by atoms with Crippen molar-refractivity contribution < 1.29 is 13.6 Å². The van der Waals surface area contributed by atoms with Crippen molar-refractivity contribution in [3.05, 3.63) is 60.7 Å². The van der Waals surface area contributed by atoms with Crippen molar-refractivity contribution in [1.29, 1.82) is 0 Å². The fourth-order valence-corrected chi connectivity index (χ4v) is 5.71. The van der Waals surface area contributed by atoms with E-state index in [0.29, 0.717) is 6.61 Å². The van der Waals surface area contributed by atoms with Gasteiger partial charge in [-0.3, -0.25) is 4.52 Å². The molecular weight excluding hydrogens is 487 g/mol. The summed E-state index contributed by atoms with van der Waals surface area (Å²) in [7, 11) is -1.46. The van der Waals surface area contributed by atoms with Gasteiger partial charge in [0.15, 0.2) is 0 Å². The van der Waals surface area contributed by atoms with Gasteiger partial charge in [-0.1, -0.05) is 165 Å². The van der Waals surface area contributed by atoms with Crippen LogP contribution in [0.1, 0.15) is 135 Å². The van der Waals surface area contributed by atoms with E-state index in [2.05, 4.69) is 6.92 Å². The minimum atomic E-state index is -1.46. The molecule has 2 rings (SSSR count). The molecule has 0 amide bonds. The molecule has 2 aromatic rings. The minimum Gasteiger partial charge on any atom is -0.418 e. The van der Waals surface area contributed by atoms with Gasteiger partial charge in [0.1, 0.15) is 11.5 Å². The van der Waals surface area contributed by atoms with Crippen LogP contribution in [0.2, 0.25) is 0 Å². The number of para-hydroxylation sites is 2. The second-order valence-electron chi connectivity index (χ2n) is 10.6. The fourth-order valence-electron chi connectivity index (χ4n) is 4.70. The van der Waals surface area contributed by atoms with E-state index in [0.717, 1.165) is 17.9 Å². The lowest BCUT2D eigenvalue weighted by Gasteiger charge is -2.17. The maximum atomic E-state index is 6.01. The zero-order valence-corrected chi connectivity index (χ0v) is 25.2. The van der Waals surface area contributed by atoms with Crippen LogP contribution in [-0.2, 0) is 4.52 Å². The number of hydrogen-bond acceptors (Lipinski definition) is 3. The number of benzene rings is 2. The van der Waals surface area contributed by atoms with E-state index in [-0.39, 0.29) is 0 Å². The molecule has 0 aliphatic carbocycles. The smallest absolute Gasteiger partial charge is 0.418 e. The summed E-state index contributed by atoms with van der Waals surface area (Å²) in [6.07, 6.45) is 27.8. The van der Waals surface area contributed by atoms with Crippen molar-refractivity contribution in [1.82, 2.24) is 0 Å². The van der Waals surface area contributed by atoms with Crippen LogP contribution < -0.4 is 9.05 Å². The summed E-state index contributed by atoms with van der Waals surface area (Å²) >= 11 is 0. The standard InChI is InChI=1S/C34H55O3P/c1-2-3-4-5-6-7-8-9-10-11-12-13-14-15-16-17-18-19-20-27-32-35-38(36-33-28-23-21-24-29-33)37-34-30-25-22-26-31-34/h21-26,28-31H,2-20,27,32H2,1H3. The first-order valence-corrected chi connectivity index (χ1v) is 16.9. The van der Waals surface area contributed by atoms with Crippen LogP contribution in [0.5, 0.6) is 11.5 Å². The van der Waals surface area contributed by atoms with E-state index in [1.807, 2.05) is 60.7 Å². The molecule has 214 valence electrons. The fraction of sp³-hybridized carbons (Fsp3) is 0.647. The van der Waals surface area contributed by atoms with E-state index in [1.54, 1.807) is 0 Å². The van der Waals surface area contributed by atoms with Gasteiger partial charge in [0.05, 0.1) is 6.61 Å². The maximum Gasteiger partial charge on any atom is 0.463 e. The number of hydrogen-bond donors (Lipinski definition) is 0. The molecule has 0 saturated heterocycles. The third-order valence-electron chi connectivity index (χ3n) is 7.04. The predicted octanol–water partition coefficient (Wildman–Crippen LogP) is 12.2. The molecule has 0 aliphatic heterocycles. The van der Waals surface area contributed by atoms with Gasteiger partial charge < -0.3 is 9.05 Å². The Kier molecular flexibility index (Phi) is 21.0. The summed E-state index contributed by atoms with van der Waals surface area (Å²) < 4.78 is 18.0. The molecule has 2 aromatic carbocycles. The molecule has 4 heteroatoms. The van der Waals surface area contributed by atoms with E-state index < -0.39 is 8.60 Å². The number of rotatable bonds is 26. The normalized spacial score (nSPS) is 11.2. The Morgan fingerprint density at radius 1 is 0.421 bits per heavy atom. The van der Waals surface area contributed by atoms with Crippen molar-refractivity contribution in [2.45, 2.75) is 135 Å². The van der Waals surface area contributed by atoms with Gasteiger partial charge in [-0.2, -0.15) is 0 Å². The van der Waals surface area contributed by atoms with Gasteiger partial charge in [0.2, 0.25) is 0 Å². The lowest BCUT2D eigenvalue weighted by molar-refractivity contribution is 0.258. The molecule has 0 radical (unpaired) electrons. The summed E-state index contributed by atoms with van der Waals surface area (Å²) in [6, 6.07) is 19.6. The van der Waals surface area contributed by atoms with Crippen LogP contribution in [0.15, 0.2) is 60.7 Å². The maximum absolute atomic E-state index is 6.01. The van der Waals surface area contributed by atoms with Crippen molar-refractivity contribution in [3.8, 4) is 11.5 Å². The highest BCUT2D eigenvalue weighted by molar-refractivity contribution is 7.42. The van der Waals surface area contributed by atoms with Gasteiger partial charge in [-0.05, 0) is 30.7 Å². The van der Waals surface area contributed by atoms with Crippen LogP contribution in [0.4, 0.5) is 0 Å². The highest BCUT2D eigenvalue weighted by Gasteiger charge is 2.16. The quantitative estimate of drug-likeness (QED) is 0.0874. The Bertz CT molecular complexity index is 698. The highest BCUT2D eigenvalue weighted by Crippen LogP contribution is 2.41. The molecule has 0 fully saturated rings. The van der Waals surface area contributed by atoms with Gasteiger partial charge in [-0.25, -0.2) is 0 Å². The minimum absolute atomic E-state index is 0.671. The third-order valence-corrected chi connectivity index (χ3v) is 8.15. The molecule has 0 saturated carbocycles. The average Bonchev–Trinajstić information content (AvgIpc) is 2.95. The molecule has 3 nitrogen and oxygen atoms in total. The predicted molar refractivity (Wildman–Crippen MR) is 165 cm³/mol. The highest BCUT2D eigenvalue weighted by atomic mass is 31.2. The van der Waals surface area contributed by atoms with Crippen LogP contribution in [0.25, 0.3) is 0 Å². The molecule has 0 aromatic heterocycles. The lowest BCUT2D eigenvalue weighted by atomic mass is 10.0. The van der Waals surface area contributed by atoms with Crippen molar-refractivity contribution in [2.24, 2.45) is 0 Å². The molecule has 0 N–H and O–H groups in total. The number of unbranched alkanes of at least 4 members (excludes halogenated alkanes) is 19. The second-order valence-corrected chi connectivity index (χ2v) is 11.7. The topological polar surface area (TPSA) is 27.7 Å². The second kappa shape index (κ2) is 24.5. The Balaban J connectivity index is 1.37. The van der Waals surface area contributed by atoms with E-state index >= 15 is 0 Å². The first kappa shape index (κ1) is 32.6. The average molecular weight is 543 g/mol. The summed E-state index contributed by atoms with van der Waals surface area (Å²) in [6.45, 7) is 2.97. The first-order valence-electron chi connectivity index (χ1n) is 15.8. The molecule has 0 unspecified atom stereocenters. The summed E-state index contributed by atoms with van der Waals surface area (Å²) in [5.41, 5.74) is 0. The summed E-state index contributed by atoms with van der Waals surface area (Å²) in [5.74, 6) is 1.55. The largest absolute Gasteiger partial charge is 0.463 e. The molecule has 0 heterocycles. The first-order chi connectivity index (χ1) is 18.9. The monoisotopic (exact) mass is 542 g/mol. The summed E-state index contributed by atoms with van der Waals surface area (Å²) in [4.78, 5) is 0. The SMILES string of the molecule is CCCCCCCCCCCCCCCCCCCCCCOP(Oc1ccccc1)Oc1ccccc1. The molecule has 0 aliphatic rings. The zero-order chi connectivity index (χ0) is 26.8. The van der Waals surface area contributed by atoms with Crippen LogP contribution in [0, 0.1) is 0 Å². The molecule has 0 bridgehead atoms. The molecule has 0 atom stereocenters. The summed E-state index contributed by atoms with van der Waals surface area (Å²) in [5, 5.41) is 0. The van der Waals surface area contributed by atoms with Gasteiger partial charge in [0, 0.05) is 0 Å². The Morgan fingerprint density at radius 2 is 0.737 bits per heavy atom. The Hall–Kier alpha value is -1.57. The van der Waals surface area contributed by atoms with E-state index in [4.69, 9.17) is 13.6 Å².